The molecule has 0 aromatic rings. The molecule has 0 radical (unpaired) electrons. The number of hydrogen-bond acceptors (Lipinski definition) is 2. The second kappa shape index (κ2) is 9.88. The van der Waals surface area contributed by atoms with Gasteiger partial charge in [-0.1, -0.05) is 13.2 Å². The Morgan fingerprint density at radius 3 is 1.36 bits per heavy atom. The molecule has 70 valence electrons. The van der Waals surface area contributed by atoms with Crippen LogP contribution in [0.3, 0.4) is 0 Å². The lowest BCUT2D eigenvalue weighted by Crippen LogP contribution is -3.11. The predicted molar refractivity (Wildman–Crippen MR) is 46.2 cm³/mol. The number of rotatable bonds is 3. The molecule has 0 rings (SSSR count). The van der Waals surface area contributed by atoms with Gasteiger partial charge in [-0.3, -0.25) is 0 Å². The first-order chi connectivity index (χ1) is 5.08. The lowest BCUT2D eigenvalue weighted by atomic mass is 10.5. The Bertz CT molecular complexity index is 54.8. The molecule has 0 aromatic heterocycles. The van der Waals surface area contributed by atoms with Crippen molar-refractivity contribution in [1.29, 1.82) is 0 Å². The highest BCUT2D eigenvalue weighted by atomic mass is 16.3. The summed E-state index contributed by atoms with van der Waals surface area (Å²) in [5, 5.41) is 9.31. The third kappa shape index (κ3) is 17.7. The first-order valence-corrected chi connectivity index (χ1v) is 4.33. The number of nitrogens with two attached hydrogens (primary N) is 1. The van der Waals surface area contributed by atoms with E-state index in [4.69, 9.17) is 0 Å². The van der Waals surface area contributed by atoms with Crippen molar-refractivity contribution in [3.05, 3.63) is 0 Å². The van der Waals surface area contributed by atoms with Crippen LogP contribution in [0.25, 0.3) is 0 Å². The Morgan fingerprint density at radius 2 is 1.36 bits per heavy atom. The van der Waals surface area contributed by atoms with Crippen molar-refractivity contribution in [2.45, 2.75) is 33.9 Å². The lowest BCUT2D eigenvalue weighted by Gasteiger charge is -2.10. The van der Waals surface area contributed by atoms with Crippen LogP contribution in [0.4, 0.5) is 0 Å². The second-order valence-electron chi connectivity index (χ2n) is 2.52. The molecular formula is C8H22N2O. The van der Waals surface area contributed by atoms with E-state index >= 15 is 0 Å². The van der Waals surface area contributed by atoms with Gasteiger partial charge in [-0.05, 0) is 20.8 Å². The van der Waals surface area contributed by atoms with Crippen molar-refractivity contribution in [2.24, 2.45) is 5.73 Å². The molecule has 0 aliphatic rings. The van der Waals surface area contributed by atoms with Crippen LogP contribution in [0.5, 0.6) is 0 Å². The van der Waals surface area contributed by atoms with Gasteiger partial charge in [0.05, 0.1) is 19.6 Å². The molecule has 1 unspecified atom stereocenters. The largest absolute Gasteiger partial charge is 0.841 e. The van der Waals surface area contributed by atoms with Crippen LogP contribution >= 0.6 is 0 Å². The Morgan fingerprint density at radius 1 is 1.18 bits per heavy atom. The van der Waals surface area contributed by atoms with Crippen LogP contribution in [-0.2, 0) is 0 Å². The zero-order valence-electron chi connectivity index (χ0n) is 8.18. The Hall–Kier alpha value is -0.120. The summed E-state index contributed by atoms with van der Waals surface area (Å²) in [5.74, 6) is 0. The zero-order chi connectivity index (χ0) is 9.28. The lowest BCUT2D eigenvalue weighted by molar-refractivity contribution is -0.894. The van der Waals surface area contributed by atoms with E-state index in [1.165, 1.54) is 26.6 Å². The Labute approximate surface area is 70.2 Å². The molecule has 3 N–H and O–H groups in total. The van der Waals surface area contributed by atoms with Crippen LogP contribution < -0.4 is 15.7 Å². The summed E-state index contributed by atoms with van der Waals surface area (Å²) < 4.78 is 0. The molecule has 3 nitrogen and oxygen atoms in total. The van der Waals surface area contributed by atoms with E-state index in [0.29, 0.717) is 0 Å². The van der Waals surface area contributed by atoms with Gasteiger partial charge in [0.15, 0.2) is 0 Å². The maximum absolute atomic E-state index is 9.31. The van der Waals surface area contributed by atoms with Gasteiger partial charge in [0.25, 0.3) is 0 Å². The summed E-state index contributed by atoms with van der Waals surface area (Å²) in [6.45, 7) is 11.9. The minimum Gasteiger partial charge on any atom is -0.841 e. The topological polar surface area (TPSA) is 53.5 Å². The van der Waals surface area contributed by atoms with Crippen molar-refractivity contribution in [2.75, 3.05) is 19.6 Å². The zero-order valence-corrected chi connectivity index (χ0v) is 8.18. The fourth-order valence-corrected chi connectivity index (χ4v) is 0.750. The second-order valence-corrected chi connectivity index (χ2v) is 2.52. The maximum atomic E-state index is 9.31. The van der Waals surface area contributed by atoms with Gasteiger partial charge in [0.2, 0.25) is 0 Å². The van der Waals surface area contributed by atoms with Crippen LogP contribution in [0, 0.1) is 0 Å². The van der Waals surface area contributed by atoms with Gasteiger partial charge >= 0.3 is 0 Å². The van der Waals surface area contributed by atoms with E-state index in [9.17, 15) is 5.11 Å². The van der Waals surface area contributed by atoms with E-state index in [-0.39, 0.29) is 0 Å². The Kier molecular flexibility index (Phi) is 12.1. The fraction of sp³-hybridized carbons (Fsp3) is 1.00. The normalized spacial score (nSPS) is 12.3. The van der Waals surface area contributed by atoms with Crippen molar-refractivity contribution in [3.8, 4) is 0 Å². The maximum Gasteiger partial charge on any atom is 0.0742 e. The smallest absolute Gasteiger partial charge is 0.0742 e. The van der Waals surface area contributed by atoms with Gasteiger partial charge in [0, 0.05) is 0 Å². The molecule has 0 saturated carbocycles. The quantitative estimate of drug-likeness (QED) is 0.501. The minimum absolute atomic E-state index is 0.917. The molecule has 0 bridgehead atoms. The van der Waals surface area contributed by atoms with Crippen LogP contribution in [0.1, 0.15) is 27.7 Å². The standard InChI is InChI=1S/C6H15N.C2H6NO/c1-4-7(5-2)6-3;1-2(3)4/h4-6H2,1-3H3;2H,3H2,1H3/q;-1/p+1. The first-order valence-electron chi connectivity index (χ1n) is 4.33. The molecule has 11 heavy (non-hydrogen) atoms. The molecule has 0 aromatic carbocycles. The molecule has 0 aliphatic heterocycles. The number of nitrogens with one attached hydrogen (secondary N) is 1. The molecule has 3 heteroatoms. The van der Waals surface area contributed by atoms with E-state index in [1.807, 2.05) is 0 Å². The molecule has 0 saturated heterocycles. The van der Waals surface area contributed by atoms with Crippen LogP contribution in [-0.4, -0.2) is 25.9 Å². The van der Waals surface area contributed by atoms with E-state index in [1.54, 1.807) is 4.90 Å². The molecule has 1 atom stereocenters. The minimum atomic E-state index is -0.917. The van der Waals surface area contributed by atoms with Crippen molar-refractivity contribution in [1.82, 2.24) is 0 Å². The SMILES string of the molecule is CC(N)[O-].CC[NH+](CC)CC. The number of quaternary nitrogens is 1. The van der Waals surface area contributed by atoms with Crippen molar-refractivity contribution in [3.63, 3.8) is 0 Å². The van der Waals surface area contributed by atoms with Crippen molar-refractivity contribution < 1.29 is 10.0 Å². The monoisotopic (exact) mass is 162 g/mol. The Balaban J connectivity index is 0. The molecule has 0 amide bonds. The van der Waals surface area contributed by atoms with E-state index < -0.39 is 6.23 Å². The van der Waals surface area contributed by atoms with Crippen LogP contribution in [0.15, 0.2) is 0 Å². The molecule has 0 heterocycles. The van der Waals surface area contributed by atoms with E-state index in [0.717, 1.165) is 0 Å². The average molecular weight is 162 g/mol. The molecule has 0 spiro atoms. The van der Waals surface area contributed by atoms with Gasteiger partial charge in [-0.2, -0.15) is 0 Å². The fourth-order valence-electron chi connectivity index (χ4n) is 0.750. The van der Waals surface area contributed by atoms with Crippen molar-refractivity contribution >= 4 is 0 Å². The van der Waals surface area contributed by atoms with Gasteiger partial charge in [-0.15, -0.1) is 0 Å². The molecule has 0 fully saturated rings. The summed E-state index contributed by atoms with van der Waals surface area (Å²) >= 11 is 0. The highest BCUT2D eigenvalue weighted by Crippen LogP contribution is 1.45. The summed E-state index contributed by atoms with van der Waals surface area (Å²) in [5.41, 5.74) is 4.56. The van der Waals surface area contributed by atoms with E-state index in [2.05, 4.69) is 26.5 Å². The van der Waals surface area contributed by atoms with Crippen LogP contribution in [0.2, 0.25) is 0 Å². The highest BCUT2D eigenvalue weighted by molar-refractivity contribution is 4.13. The van der Waals surface area contributed by atoms with Gasteiger partial charge < -0.3 is 15.7 Å². The summed E-state index contributed by atoms with van der Waals surface area (Å²) in [6, 6.07) is 0. The van der Waals surface area contributed by atoms with Gasteiger partial charge in [0.1, 0.15) is 0 Å². The average Bonchev–Trinajstić information content (AvgIpc) is 1.90. The molecular weight excluding hydrogens is 140 g/mol. The first kappa shape index (κ1) is 13.5. The third-order valence-corrected chi connectivity index (χ3v) is 1.50. The summed E-state index contributed by atoms with van der Waals surface area (Å²) in [4.78, 5) is 1.68. The highest BCUT2D eigenvalue weighted by Gasteiger charge is 1.92. The number of hydrogen-bond donors (Lipinski definition) is 2. The molecule has 0 aliphatic carbocycles. The summed E-state index contributed by atoms with van der Waals surface area (Å²) in [6.07, 6.45) is -0.917. The summed E-state index contributed by atoms with van der Waals surface area (Å²) in [7, 11) is 0. The van der Waals surface area contributed by atoms with Gasteiger partial charge in [-0.25, -0.2) is 0 Å². The third-order valence-electron chi connectivity index (χ3n) is 1.50. The predicted octanol–water partition coefficient (Wildman–Crippen LogP) is -1.42.